The van der Waals surface area contributed by atoms with Crippen LogP contribution in [0.15, 0.2) is 24.3 Å². The summed E-state index contributed by atoms with van der Waals surface area (Å²) in [6.45, 7) is 11.2. The first-order chi connectivity index (χ1) is 8.08. The number of hydrogen-bond acceptors (Lipinski definition) is 2. The Bertz CT molecular complexity index is 356. The van der Waals surface area contributed by atoms with Crippen molar-refractivity contribution >= 4 is 5.69 Å². The molecule has 94 valence electrons. The van der Waals surface area contributed by atoms with Gasteiger partial charge in [-0.3, -0.25) is 0 Å². The van der Waals surface area contributed by atoms with Crippen LogP contribution in [0.3, 0.4) is 0 Å². The minimum atomic E-state index is 0.577. The van der Waals surface area contributed by atoms with Gasteiger partial charge in [-0.25, -0.2) is 0 Å². The highest BCUT2D eigenvalue weighted by molar-refractivity contribution is 5.49. The lowest BCUT2D eigenvalue weighted by molar-refractivity contribution is 0.337. The molecule has 1 saturated heterocycles. The van der Waals surface area contributed by atoms with Gasteiger partial charge in [0.15, 0.2) is 0 Å². The van der Waals surface area contributed by atoms with Crippen LogP contribution in [0.4, 0.5) is 5.69 Å². The Morgan fingerprint density at radius 3 is 2.47 bits per heavy atom. The molecule has 1 aliphatic rings. The molecule has 2 atom stereocenters. The summed E-state index contributed by atoms with van der Waals surface area (Å²) in [5.41, 5.74) is 2.69. The number of anilines is 1. The van der Waals surface area contributed by atoms with E-state index in [-0.39, 0.29) is 0 Å². The Balaban J connectivity index is 2.15. The highest BCUT2D eigenvalue weighted by atomic mass is 15.2. The number of hydrogen-bond donors (Lipinski definition) is 1. The summed E-state index contributed by atoms with van der Waals surface area (Å²) in [4.78, 5) is 2.53. The predicted molar refractivity (Wildman–Crippen MR) is 74.6 cm³/mol. The van der Waals surface area contributed by atoms with E-state index in [1.54, 1.807) is 0 Å². The first kappa shape index (κ1) is 12.4. The number of nitrogens with zero attached hydrogens (tertiary/aromatic N) is 1. The van der Waals surface area contributed by atoms with E-state index in [2.05, 4.69) is 62.2 Å². The fourth-order valence-corrected chi connectivity index (χ4v) is 2.43. The van der Waals surface area contributed by atoms with Crippen LogP contribution in [0, 0.1) is 12.8 Å². The zero-order valence-corrected chi connectivity index (χ0v) is 11.4. The van der Waals surface area contributed by atoms with Crippen LogP contribution in [0.5, 0.6) is 0 Å². The molecule has 0 saturated carbocycles. The Morgan fingerprint density at radius 2 is 1.88 bits per heavy atom. The van der Waals surface area contributed by atoms with Crippen molar-refractivity contribution in [2.24, 2.45) is 5.92 Å². The van der Waals surface area contributed by atoms with Gasteiger partial charge in [0.25, 0.3) is 0 Å². The second kappa shape index (κ2) is 5.09. The van der Waals surface area contributed by atoms with E-state index in [9.17, 15) is 0 Å². The van der Waals surface area contributed by atoms with Crippen LogP contribution in [0.2, 0.25) is 0 Å². The topological polar surface area (TPSA) is 15.3 Å². The zero-order valence-electron chi connectivity index (χ0n) is 11.4. The van der Waals surface area contributed by atoms with Crippen LogP contribution < -0.4 is 10.2 Å². The largest absolute Gasteiger partial charge is 0.366 e. The molecule has 0 aromatic heterocycles. The molecule has 1 heterocycles. The molecule has 1 aliphatic heterocycles. The van der Waals surface area contributed by atoms with E-state index in [1.807, 2.05) is 0 Å². The van der Waals surface area contributed by atoms with Crippen molar-refractivity contribution in [3.05, 3.63) is 29.8 Å². The first-order valence-electron chi connectivity index (χ1n) is 6.64. The molecule has 1 N–H and O–H groups in total. The van der Waals surface area contributed by atoms with Crippen molar-refractivity contribution in [3.8, 4) is 0 Å². The van der Waals surface area contributed by atoms with Crippen LogP contribution in [0.1, 0.15) is 26.3 Å². The van der Waals surface area contributed by atoms with E-state index in [0.717, 1.165) is 13.1 Å². The number of benzene rings is 1. The van der Waals surface area contributed by atoms with Crippen molar-refractivity contribution in [1.29, 1.82) is 0 Å². The maximum atomic E-state index is 3.64. The SMILES string of the molecule is Cc1ccc(N2CC(C(C)C)NCC2C)cc1. The quantitative estimate of drug-likeness (QED) is 0.843. The van der Waals surface area contributed by atoms with Crippen molar-refractivity contribution < 1.29 is 0 Å². The summed E-state index contributed by atoms with van der Waals surface area (Å²) >= 11 is 0. The van der Waals surface area contributed by atoms with Gasteiger partial charge in [0, 0.05) is 30.9 Å². The van der Waals surface area contributed by atoms with Gasteiger partial charge in [-0.1, -0.05) is 31.5 Å². The highest BCUT2D eigenvalue weighted by Crippen LogP contribution is 2.22. The van der Waals surface area contributed by atoms with E-state index < -0.39 is 0 Å². The monoisotopic (exact) mass is 232 g/mol. The predicted octanol–water partition coefficient (Wildman–Crippen LogP) is 2.82. The summed E-state index contributed by atoms with van der Waals surface area (Å²) < 4.78 is 0. The van der Waals surface area contributed by atoms with Crippen LogP contribution in [-0.2, 0) is 0 Å². The third-order valence-electron chi connectivity index (χ3n) is 3.77. The van der Waals surface area contributed by atoms with Crippen molar-refractivity contribution in [3.63, 3.8) is 0 Å². The fourth-order valence-electron chi connectivity index (χ4n) is 2.43. The summed E-state index contributed by atoms with van der Waals surface area (Å²) in [5.74, 6) is 0.690. The smallest absolute Gasteiger partial charge is 0.0387 e. The highest BCUT2D eigenvalue weighted by Gasteiger charge is 2.26. The number of nitrogens with one attached hydrogen (secondary N) is 1. The van der Waals surface area contributed by atoms with Gasteiger partial charge in [-0.2, -0.15) is 0 Å². The van der Waals surface area contributed by atoms with Gasteiger partial charge in [-0.15, -0.1) is 0 Å². The molecular formula is C15H24N2. The molecule has 0 bridgehead atoms. The minimum absolute atomic E-state index is 0.577. The lowest BCUT2D eigenvalue weighted by Crippen LogP contribution is -2.57. The van der Waals surface area contributed by atoms with Gasteiger partial charge in [0.1, 0.15) is 0 Å². The maximum Gasteiger partial charge on any atom is 0.0387 e. The average molecular weight is 232 g/mol. The molecular weight excluding hydrogens is 208 g/mol. The molecule has 1 fully saturated rings. The maximum absolute atomic E-state index is 3.64. The summed E-state index contributed by atoms with van der Waals surface area (Å²) in [7, 11) is 0. The van der Waals surface area contributed by atoms with E-state index >= 15 is 0 Å². The van der Waals surface area contributed by atoms with Crippen molar-refractivity contribution in [2.75, 3.05) is 18.0 Å². The molecule has 0 amide bonds. The second-order valence-electron chi connectivity index (χ2n) is 5.60. The summed E-state index contributed by atoms with van der Waals surface area (Å²) in [6.07, 6.45) is 0. The molecule has 2 nitrogen and oxygen atoms in total. The van der Waals surface area contributed by atoms with E-state index in [1.165, 1.54) is 11.3 Å². The molecule has 1 aromatic carbocycles. The Hall–Kier alpha value is -1.02. The molecule has 17 heavy (non-hydrogen) atoms. The number of rotatable bonds is 2. The molecule has 2 heteroatoms. The van der Waals surface area contributed by atoms with Crippen LogP contribution in [-0.4, -0.2) is 25.2 Å². The fraction of sp³-hybridized carbons (Fsp3) is 0.600. The molecule has 0 radical (unpaired) electrons. The molecule has 0 spiro atoms. The Labute approximate surface area is 105 Å². The lowest BCUT2D eigenvalue weighted by atomic mass is 9.99. The van der Waals surface area contributed by atoms with Gasteiger partial charge in [0.2, 0.25) is 0 Å². The Morgan fingerprint density at radius 1 is 1.24 bits per heavy atom. The lowest BCUT2D eigenvalue weighted by Gasteiger charge is -2.42. The average Bonchev–Trinajstić information content (AvgIpc) is 2.31. The van der Waals surface area contributed by atoms with Crippen LogP contribution >= 0.6 is 0 Å². The standard InChI is InChI=1S/C15H24N2/c1-11(2)15-10-17(13(4)9-16-15)14-7-5-12(3)6-8-14/h5-8,11,13,15-16H,9-10H2,1-4H3. The normalized spacial score (nSPS) is 25.4. The van der Waals surface area contributed by atoms with Gasteiger partial charge in [0.05, 0.1) is 0 Å². The third kappa shape index (κ3) is 2.81. The molecule has 0 aliphatic carbocycles. The zero-order chi connectivity index (χ0) is 12.4. The minimum Gasteiger partial charge on any atom is -0.366 e. The van der Waals surface area contributed by atoms with Crippen molar-refractivity contribution in [2.45, 2.75) is 39.8 Å². The molecule has 2 unspecified atom stereocenters. The Kier molecular flexibility index (Phi) is 3.72. The summed E-state index contributed by atoms with van der Waals surface area (Å²) in [5, 5.41) is 3.64. The second-order valence-corrected chi connectivity index (χ2v) is 5.60. The first-order valence-corrected chi connectivity index (χ1v) is 6.64. The van der Waals surface area contributed by atoms with Crippen LogP contribution in [0.25, 0.3) is 0 Å². The molecule has 1 aromatic rings. The number of piperazine rings is 1. The van der Waals surface area contributed by atoms with E-state index in [0.29, 0.717) is 18.0 Å². The summed E-state index contributed by atoms with van der Waals surface area (Å²) in [6, 6.07) is 10.1. The molecule has 2 rings (SSSR count). The van der Waals surface area contributed by atoms with Gasteiger partial charge in [-0.05, 0) is 31.9 Å². The third-order valence-corrected chi connectivity index (χ3v) is 3.77. The van der Waals surface area contributed by atoms with Crippen molar-refractivity contribution in [1.82, 2.24) is 5.32 Å². The van der Waals surface area contributed by atoms with Gasteiger partial charge < -0.3 is 10.2 Å². The number of aryl methyl sites for hydroxylation is 1. The van der Waals surface area contributed by atoms with Gasteiger partial charge >= 0.3 is 0 Å². The van der Waals surface area contributed by atoms with E-state index in [4.69, 9.17) is 0 Å².